The third-order valence-corrected chi connectivity index (χ3v) is 3.54. The van der Waals surface area contributed by atoms with Crippen molar-refractivity contribution in [2.45, 2.75) is 6.04 Å². The summed E-state index contributed by atoms with van der Waals surface area (Å²) in [5.41, 5.74) is 7.64. The van der Waals surface area contributed by atoms with E-state index in [-0.39, 0.29) is 0 Å². The first kappa shape index (κ1) is 12.5. The maximum atomic E-state index is 6.18. The number of nitrogens with two attached hydrogens (primary N) is 1. The summed E-state index contributed by atoms with van der Waals surface area (Å²) in [6.45, 7) is 0. The summed E-state index contributed by atoms with van der Waals surface area (Å²) in [7, 11) is 1.84. The van der Waals surface area contributed by atoms with Crippen molar-refractivity contribution >= 4 is 34.2 Å². The standard InChI is InChI=1S/C13H11Cl2N3O/c1-18-10(2-3-17-18)12(16)11-5-7-4-8(14)6-9(15)13(7)19-11/h2-6,12H,16H2,1H3. The van der Waals surface area contributed by atoms with Crippen LogP contribution >= 0.6 is 23.2 Å². The minimum absolute atomic E-state index is 0.394. The lowest BCUT2D eigenvalue weighted by molar-refractivity contribution is 0.509. The summed E-state index contributed by atoms with van der Waals surface area (Å²) < 4.78 is 7.45. The number of fused-ring (bicyclic) bond motifs is 1. The zero-order chi connectivity index (χ0) is 13.6. The van der Waals surface area contributed by atoms with E-state index in [4.69, 9.17) is 33.4 Å². The number of hydrogen-bond acceptors (Lipinski definition) is 3. The van der Waals surface area contributed by atoms with E-state index in [1.807, 2.05) is 19.2 Å². The van der Waals surface area contributed by atoms with Gasteiger partial charge in [-0.2, -0.15) is 5.10 Å². The molecule has 0 fully saturated rings. The minimum Gasteiger partial charge on any atom is -0.457 e. The summed E-state index contributed by atoms with van der Waals surface area (Å²) in [6.07, 6.45) is 1.70. The van der Waals surface area contributed by atoms with Crippen molar-refractivity contribution in [2.24, 2.45) is 12.8 Å². The van der Waals surface area contributed by atoms with Crippen LogP contribution in [0.3, 0.4) is 0 Å². The number of rotatable bonds is 2. The molecule has 0 amide bonds. The van der Waals surface area contributed by atoms with E-state index in [0.717, 1.165) is 11.1 Å². The molecule has 0 saturated heterocycles. The quantitative estimate of drug-likeness (QED) is 0.787. The Kier molecular flexibility index (Phi) is 3.01. The van der Waals surface area contributed by atoms with Crippen LogP contribution in [0.1, 0.15) is 17.5 Å². The first-order valence-electron chi connectivity index (χ1n) is 5.68. The van der Waals surface area contributed by atoms with E-state index in [1.165, 1.54) is 0 Å². The fourth-order valence-corrected chi connectivity index (χ4v) is 2.63. The van der Waals surface area contributed by atoms with Crippen molar-refractivity contribution in [1.82, 2.24) is 9.78 Å². The second kappa shape index (κ2) is 4.56. The zero-order valence-electron chi connectivity index (χ0n) is 10.1. The van der Waals surface area contributed by atoms with Crippen molar-refractivity contribution in [3.8, 4) is 0 Å². The molecule has 0 radical (unpaired) electrons. The molecule has 0 aliphatic carbocycles. The predicted molar refractivity (Wildman–Crippen MR) is 75.5 cm³/mol. The molecule has 19 heavy (non-hydrogen) atoms. The molecule has 2 N–H and O–H groups in total. The first-order valence-corrected chi connectivity index (χ1v) is 6.44. The normalized spacial score (nSPS) is 13.1. The topological polar surface area (TPSA) is 57.0 Å². The number of benzene rings is 1. The molecule has 0 saturated carbocycles. The lowest BCUT2D eigenvalue weighted by atomic mass is 10.1. The molecule has 1 aromatic carbocycles. The highest BCUT2D eigenvalue weighted by Crippen LogP contribution is 2.33. The van der Waals surface area contributed by atoms with Crippen molar-refractivity contribution in [3.63, 3.8) is 0 Å². The lowest BCUT2D eigenvalue weighted by Gasteiger charge is -2.08. The molecule has 0 aliphatic heterocycles. The summed E-state index contributed by atoms with van der Waals surface area (Å²) >= 11 is 12.1. The average Bonchev–Trinajstić information content (AvgIpc) is 2.94. The Morgan fingerprint density at radius 1 is 1.32 bits per heavy atom. The third-order valence-electron chi connectivity index (χ3n) is 3.04. The van der Waals surface area contributed by atoms with E-state index in [9.17, 15) is 0 Å². The second-order valence-corrected chi connectivity index (χ2v) is 5.16. The van der Waals surface area contributed by atoms with Crippen molar-refractivity contribution < 1.29 is 4.42 Å². The van der Waals surface area contributed by atoms with Gasteiger partial charge in [0.1, 0.15) is 11.8 Å². The van der Waals surface area contributed by atoms with Crippen molar-refractivity contribution in [2.75, 3.05) is 0 Å². The van der Waals surface area contributed by atoms with E-state index < -0.39 is 6.04 Å². The maximum absolute atomic E-state index is 6.18. The zero-order valence-corrected chi connectivity index (χ0v) is 11.6. The van der Waals surface area contributed by atoms with Gasteiger partial charge in [0.25, 0.3) is 0 Å². The Bertz CT molecular complexity index is 748. The van der Waals surface area contributed by atoms with Crippen LogP contribution in [0.15, 0.2) is 34.9 Å². The Hall–Kier alpha value is -1.49. The summed E-state index contributed by atoms with van der Waals surface area (Å²) in [5, 5.41) is 5.98. The van der Waals surface area contributed by atoms with Gasteiger partial charge in [0.2, 0.25) is 0 Å². The van der Waals surface area contributed by atoms with Gasteiger partial charge in [-0.1, -0.05) is 23.2 Å². The lowest BCUT2D eigenvalue weighted by Crippen LogP contribution is -2.15. The van der Waals surface area contributed by atoms with Gasteiger partial charge in [-0.3, -0.25) is 4.68 Å². The molecule has 0 spiro atoms. The largest absolute Gasteiger partial charge is 0.457 e. The molecule has 1 unspecified atom stereocenters. The maximum Gasteiger partial charge on any atom is 0.153 e. The van der Waals surface area contributed by atoms with Crippen molar-refractivity contribution in [1.29, 1.82) is 0 Å². The van der Waals surface area contributed by atoms with Crippen LogP contribution < -0.4 is 5.73 Å². The molecule has 3 aromatic rings. The molecule has 6 heteroatoms. The fraction of sp³-hybridized carbons (Fsp3) is 0.154. The number of halogens is 2. The molecule has 4 nitrogen and oxygen atoms in total. The average molecular weight is 296 g/mol. The van der Waals surface area contributed by atoms with E-state index >= 15 is 0 Å². The predicted octanol–water partition coefficient (Wildman–Crippen LogP) is 3.52. The van der Waals surface area contributed by atoms with Gasteiger partial charge in [-0.25, -0.2) is 0 Å². The molecular weight excluding hydrogens is 285 g/mol. The van der Waals surface area contributed by atoms with Gasteiger partial charge >= 0.3 is 0 Å². The highest BCUT2D eigenvalue weighted by molar-refractivity contribution is 6.38. The molecule has 2 heterocycles. The molecule has 0 aliphatic rings. The van der Waals surface area contributed by atoms with Crippen LogP contribution in [-0.4, -0.2) is 9.78 Å². The van der Waals surface area contributed by atoms with E-state index in [2.05, 4.69) is 5.10 Å². The Balaban J connectivity index is 2.11. The second-order valence-electron chi connectivity index (χ2n) is 4.31. The SMILES string of the molecule is Cn1nccc1C(N)c1cc2cc(Cl)cc(Cl)c2o1. The number of furan rings is 1. The molecular formula is C13H11Cl2N3O. The van der Waals surface area contributed by atoms with Crippen LogP contribution in [-0.2, 0) is 7.05 Å². The smallest absolute Gasteiger partial charge is 0.153 e. The molecule has 1 atom stereocenters. The van der Waals surface area contributed by atoms with Crippen LogP contribution in [0.2, 0.25) is 10.0 Å². The molecule has 0 bridgehead atoms. The molecule has 3 rings (SSSR count). The number of aryl methyl sites for hydroxylation is 1. The Labute approximate surface area is 119 Å². The monoisotopic (exact) mass is 295 g/mol. The van der Waals surface area contributed by atoms with Crippen molar-refractivity contribution in [3.05, 3.63) is 52.0 Å². The van der Waals surface area contributed by atoms with Crippen LogP contribution in [0.4, 0.5) is 0 Å². The summed E-state index contributed by atoms with van der Waals surface area (Å²) in [6, 6.07) is 6.76. The van der Waals surface area contributed by atoms with E-state index in [1.54, 1.807) is 23.0 Å². The van der Waals surface area contributed by atoms with Gasteiger partial charge in [-0.05, 0) is 24.3 Å². The highest BCUT2D eigenvalue weighted by Gasteiger charge is 2.18. The van der Waals surface area contributed by atoms with Gasteiger partial charge in [0.05, 0.1) is 10.7 Å². The van der Waals surface area contributed by atoms with Crippen LogP contribution in [0.25, 0.3) is 11.0 Å². The highest BCUT2D eigenvalue weighted by atomic mass is 35.5. The van der Waals surface area contributed by atoms with Gasteiger partial charge < -0.3 is 10.2 Å². The molecule has 98 valence electrons. The Morgan fingerprint density at radius 3 is 2.79 bits per heavy atom. The van der Waals surface area contributed by atoms with E-state index in [0.29, 0.717) is 21.4 Å². The number of aromatic nitrogens is 2. The van der Waals surface area contributed by atoms with Gasteiger partial charge in [0.15, 0.2) is 5.58 Å². The summed E-state index contributed by atoms with van der Waals surface area (Å²) in [5.74, 6) is 0.628. The first-order chi connectivity index (χ1) is 9.06. The van der Waals surface area contributed by atoms with Crippen LogP contribution in [0, 0.1) is 0 Å². The Morgan fingerprint density at radius 2 is 2.11 bits per heavy atom. The third kappa shape index (κ3) is 2.12. The van der Waals surface area contributed by atoms with Gasteiger partial charge in [0, 0.05) is 23.7 Å². The number of hydrogen-bond donors (Lipinski definition) is 1. The summed E-state index contributed by atoms with van der Waals surface area (Å²) in [4.78, 5) is 0. The van der Waals surface area contributed by atoms with Gasteiger partial charge in [-0.15, -0.1) is 0 Å². The fourth-order valence-electron chi connectivity index (χ4n) is 2.08. The number of nitrogens with zero attached hydrogens (tertiary/aromatic N) is 2. The minimum atomic E-state index is -0.394. The van der Waals surface area contributed by atoms with Crippen LogP contribution in [0.5, 0.6) is 0 Å². The molecule has 2 aromatic heterocycles.